The highest BCUT2D eigenvalue weighted by atomic mass is 16.5. The van der Waals surface area contributed by atoms with Crippen LogP contribution < -0.4 is 9.47 Å². The van der Waals surface area contributed by atoms with E-state index in [4.69, 9.17) is 9.47 Å². The molecule has 0 aliphatic heterocycles. The van der Waals surface area contributed by atoms with Gasteiger partial charge in [0.05, 0.1) is 24.3 Å². The smallest absolute Gasteiger partial charge is 0.136 e. The average Bonchev–Trinajstić information content (AvgIpc) is 3.28. The zero-order valence-corrected chi connectivity index (χ0v) is 35.3. The lowest BCUT2D eigenvalue weighted by Gasteiger charge is -2.14. The van der Waals surface area contributed by atoms with Gasteiger partial charge in [-0.3, -0.25) is 0 Å². The molecule has 2 nitrogen and oxygen atoms in total. The Morgan fingerprint density at radius 3 is 1.32 bits per heavy atom. The Balaban J connectivity index is 1.12. The summed E-state index contributed by atoms with van der Waals surface area (Å²) in [6.45, 7) is 5.80. The Morgan fingerprint density at radius 2 is 0.733 bits per heavy atom. The quantitative estimate of drug-likeness (QED) is 0.0552. The fourth-order valence-electron chi connectivity index (χ4n) is 9.10. The van der Waals surface area contributed by atoms with Gasteiger partial charge in [-0.1, -0.05) is 199 Å². The van der Waals surface area contributed by atoms with E-state index in [1.165, 1.54) is 116 Å². The van der Waals surface area contributed by atoms with Crippen molar-refractivity contribution in [3.05, 3.63) is 144 Å². The number of rotatable bonds is 16. The molecular weight excluding hydrogens is 729 g/mol. The van der Waals surface area contributed by atoms with Crippen LogP contribution in [0.5, 0.6) is 11.5 Å². The first-order valence-electron chi connectivity index (χ1n) is 22.5. The molecule has 0 saturated carbocycles. The van der Waals surface area contributed by atoms with Gasteiger partial charge in [-0.2, -0.15) is 0 Å². The van der Waals surface area contributed by atoms with Gasteiger partial charge < -0.3 is 9.47 Å². The van der Waals surface area contributed by atoms with Crippen LogP contribution in [0.4, 0.5) is 0 Å². The molecule has 0 spiro atoms. The Bertz CT molecular complexity index is 3020. The molecule has 0 amide bonds. The monoisotopic (exact) mass is 782 g/mol. The van der Waals surface area contributed by atoms with Gasteiger partial charge in [-0.05, 0) is 89.6 Å². The van der Waals surface area contributed by atoms with Crippen LogP contribution in [0.15, 0.2) is 121 Å². The fourth-order valence-corrected chi connectivity index (χ4v) is 9.10. The molecule has 9 aromatic carbocycles. The van der Waals surface area contributed by atoms with Crippen molar-refractivity contribution in [1.29, 1.82) is 0 Å². The maximum absolute atomic E-state index is 6.67. The SMILES string of the molecule is CCCCCCCCOc1cc(C#Cc2cc3cccc4ccc5cccc2c5c43)c(OCCCCCCCC)cc1C#Cc1ccc2ccc3cccc4ccc1c2c34. The summed E-state index contributed by atoms with van der Waals surface area (Å²) < 4.78 is 13.3. The molecule has 60 heavy (non-hydrogen) atoms. The van der Waals surface area contributed by atoms with Crippen molar-refractivity contribution in [2.45, 2.75) is 90.9 Å². The number of unbranched alkanes of at least 4 members (excludes halogenated alkanes) is 10. The van der Waals surface area contributed by atoms with E-state index in [1.807, 2.05) is 0 Å². The average molecular weight is 783 g/mol. The van der Waals surface area contributed by atoms with Gasteiger partial charge in [0, 0.05) is 23.3 Å². The summed E-state index contributed by atoms with van der Waals surface area (Å²) in [6, 6.07) is 43.8. The largest absolute Gasteiger partial charge is 0.492 e. The minimum absolute atomic E-state index is 0.637. The van der Waals surface area contributed by atoms with E-state index in [1.54, 1.807) is 0 Å². The van der Waals surface area contributed by atoms with Crippen molar-refractivity contribution in [2.24, 2.45) is 0 Å². The second-order valence-electron chi connectivity index (χ2n) is 16.5. The highest BCUT2D eigenvalue weighted by Gasteiger charge is 2.15. The van der Waals surface area contributed by atoms with Gasteiger partial charge >= 0.3 is 0 Å². The first-order chi connectivity index (χ1) is 29.7. The summed E-state index contributed by atoms with van der Waals surface area (Å²) in [5, 5.41) is 15.0. The molecule has 0 heterocycles. The van der Waals surface area contributed by atoms with Gasteiger partial charge in [0.2, 0.25) is 0 Å². The maximum atomic E-state index is 6.67. The second-order valence-corrected chi connectivity index (χ2v) is 16.5. The lowest BCUT2D eigenvalue weighted by Crippen LogP contribution is -2.03. The molecule has 9 aromatic rings. The maximum Gasteiger partial charge on any atom is 0.136 e. The number of benzene rings is 9. The van der Waals surface area contributed by atoms with Crippen LogP contribution in [0.2, 0.25) is 0 Å². The first-order valence-corrected chi connectivity index (χ1v) is 22.5. The molecule has 0 saturated heterocycles. The third-order valence-electron chi connectivity index (χ3n) is 12.3. The molecule has 0 aliphatic carbocycles. The van der Waals surface area contributed by atoms with Crippen molar-refractivity contribution in [1.82, 2.24) is 0 Å². The normalized spacial score (nSPS) is 11.5. The third kappa shape index (κ3) is 8.18. The summed E-state index contributed by atoms with van der Waals surface area (Å²) in [6.07, 6.45) is 14.4. The van der Waals surface area contributed by atoms with Crippen molar-refractivity contribution >= 4 is 64.6 Å². The van der Waals surface area contributed by atoms with Gasteiger partial charge in [0.25, 0.3) is 0 Å². The van der Waals surface area contributed by atoms with E-state index >= 15 is 0 Å². The Kier molecular flexibility index (Phi) is 12.0. The van der Waals surface area contributed by atoms with Crippen LogP contribution in [0.3, 0.4) is 0 Å². The lowest BCUT2D eigenvalue weighted by molar-refractivity contribution is 0.295. The summed E-state index contributed by atoms with van der Waals surface area (Å²) in [5.41, 5.74) is 3.69. The molecule has 0 aliphatic rings. The molecule has 0 N–H and O–H groups in total. The fraction of sp³-hybridized carbons (Fsp3) is 0.276. The predicted octanol–water partition coefficient (Wildman–Crippen LogP) is 15.8. The van der Waals surface area contributed by atoms with E-state index in [2.05, 4.69) is 159 Å². The van der Waals surface area contributed by atoms with Crippen molar-refractivity contribution in [3.63, 3.8) is 0 Å². The van der Waals surface area contributed by atoms with Crippen LogP contribution >= 0.6 is 0 Å². The Hall–Kier alpha value is -6.22. The highest BCUT2D eigenvalue weighted by molar-refractivity contribution is 6.25. The molecule has 0 aromatic heterocycles. The molecular formula is C58H54O2. The second kappa shape index (κ2) is 18.4. The topological polar surface area (TPSA) is 18.5 Å². The van der Waals surface area contributed by atoms with Gasteiger partial charge in [-0.25, -0.2) is 0 Å². The summed E-state index contributed by atoms with van der Waals surface area (Å²) in [5.74, 6) is 16.0. The number of hydrogen-bond acceptors (Lipinski definition) is 2. The standard InChI is InChI=1S/C58H54O2/c1-3-5-7-9-11-13-36-59-53-40-49(33-31-47-38-50-22-16-20-43-27-29-45-21-17-23-51(47)57(45)56(43)50)54(60-37-14-12-10-8-6-4-2)39-48(53)32-25-41-24-26-46-30-28-42-18-15-19-44-34-35-52(41)58(46)55(42)44/h15-24,26-30,34-35,38-40H,3-14,36-37H2,1-2H3. The molecule has 2 heteroatoms. The van der Waals surface area contributed by atoms with Crippen LogP contribution in [0.1, 0.15) is 113 Å². The number of ether oxygens (including phenoxy) is 2. The summed E-state index contributed by atoms with van der Waals surface area (Å²) in [7, 11) is 0. The van der Waals surface area contributed by atoms with Crippen LogP contribution in [0, 0.1) is 23.7 Å². The zero-order valence-electron chi connectivity index (χ0n) is 35.3. The minimum atomic E-state index is 0.637. The van der Waals surface area contributed by atoms with E-state index in [9.17, 15) is 0 Å². The molecule has 0 radical (unpaired) electrons. The highest BCUT2D eigenvalue weighted by Crippen LogP contribution is 2.38. The van der Waals surface area contributed by atoms with Crippen LogP contribution in [-0.2, 0) is 0 Å². The zero-order chi connectivity index (χ0) is 40.7. The van der Waals surface area contributed by atoms with E-state index in [-0.39, 0.29) is 0 Å². The summed E-state index contributed by atoms with van der Waals surface area (Å²) >= 11 is 0. The van der Waals surface area contributed by atoms with Crippen molar-refractivity contribution < 1.29 is 9.47 Å². The van der Waals surface area contributed by atoms with Crippen LogP contribution in [-0.4, -0.2) is 13.2 Å². The third-order valence-corrected chi connectivity index (χ3v) is 12.3. The molecule has 298 valence electrons. The van der Waals surface area contributed by atoms with Gasteiger partial charge in [-0.15, -0.1) is 0 Å². The lowest BCUT2D eigenvalue weighted by atomic mass is 9.91. The van der Waals surface area contributed by atoms with E-state index < -0.39 is 0 Å². The minimum Gasteiger partial charge on any atom is -0.492 e. The molecule has 0 bridgehead atoms. The van der Waals surface area contributed by atoms with E-state index in [0.717, 1.165) is 59.4 Å². The Labute approximate surface area is 355 Å². The first kappa shape index (κ1) is 39.3. The molecule has 0 atom stereocenters. The molecule has 9 rings (SSSR count). The van der Waals surface area contributed by atoms with Crippen molar-refractivity contribution in [2.75, 3.05) is 13.2 Å². The van der Waals surface area contributed by atoms with Crippen LogP contribution in [0.25, 0.3) is 64.6 Å². The molecule has 0 fully saturated rings. The summed E-state index contributed by atoms with van der Waals surface area (Å²) in [4.78, 5) is 0. The number of hydrogen-bond donors (Lipinski definition) is 0. The Morgan fingerprint density at radius 1 is 0.333 bits per heavy atom. The predicted molar refractivity (Wildman–Crippen MR) is 256 cm³/mol. The van der Waals surface area contributed by atoms with Gasteiger partial charge in [0.15, 0.2) is 0 Å². The van der Waals surface area contributed by atoms with Gasteiger partial charge in [0.1, 0.15) is 11.5 Å². The van der Waals surface area contributed by atoms with Crippen molar-refractivity contribution in [3.8, 4) is 35.2 Å². The molecule has 0 unspecified atom stereocenters. The van der Waals surface area contributed by atoms with E-state index in [0.29, 0.717) is 13.2 Å².